The molecule has 0 spiro atoms. The lowest BCUT2D eigenvalue weighted by molar-refractivity contribution is 0.0946. The summed E-state index contributed by atoms with van der Waals surface area (Å²) in [5, 5.41) is 10.0. The number of nitrogens with zero attached hydrogens (tertiary/aromatic N) is 1. The number of rotatable bonds is 6. The quantitative estimate of drug-likeness (QED) is 0.768. The highest BCUT2D eigenvalue weighted by atomic mass is 79.9. The predicted octanol–water partition coefficient (Wildman–Crippen LogP) is 4.00. The van der Waals surface area contributed by atoms with E-state index in [2.05, 4.69) is 45.3 Å². The Hall–Kier alpha value is -0.840. The van der Waals surface area contributed by atoms with E-state index in [9.17, 15) is 4.79 Å². The number of carbonyl (C=O) groups excluding carboxylic acids is 1. The summed E-state index contributed by atoms with van der Waals surface area (Å²) in [7, 11) is 0. The fraction of sp³-hybridized carbons (Fsp3) is 0.733. The number of nitrogens with one attached hydrogen (secondary N) is 2. The summed E-state index contributed by atoms with van der Waals surface area (Å²) in [6.45, 7) is 4.88. The van der Waals surface area contributed by atoms with E-state index >= 15 is 0 Å². The van der Waals surface area contributed by atoms with Crippen molar-refractivity contribution in [3.63, 3.8) is 0 Å². The van der Waals surface area contributed by atoms with Gasteiger partial charge in [0.15, 0.2) is 5.69 Å². The van der Waals surface area contributed by atoms with E-state index in [1.54, 1.807) is 0 Å². The van der Waals surface area contributed by atoms with E-state index in [1.807, 2.05) is 0 Å². The van der Waals surface area contributed by atoms with Gasteiger partial charge in [-0.2, -0.15) is 5.10 Å². The normalized spacial score (nSPS) is 16.0. The Morgan fingerprint density at radius 3 is 2.75 bits per heavy atom. The average Bonchev–Trinajstić information content (AvgIpc) is 3.03. The summed E-state index contributed by atoms with van der Waals surface area (Å²) in [6.07, 6.45) is 7.81. The molecule has 0 unspecified atom stereocenters. The lowest BCUT2D eigenvalue weighted by Crippen LogP contribution is -2.25. The van der Waals surface area contributed by atoms with Gasteiger partial charge in [-0.25, -0.2) is 0 Å². The molecule has 2 N–H and O–H groups in total. The first-order valence-electron chi connectivity index (χ1n) is 7.61. The maximum absolute atomic E-state index is 12.1. The van der Waals surface area contributed by atoms with E-state index in [-0.39, 0.29) is 5.91 Å². The minimum Gasteiger partial charge on any atom is -0.351 e. The monoisotopic (exact) mass is 341 g/mol. The van der Waals surface area contributed by atoms with Gasteiger partial charge < -0.3 is 5.32 Å². The van der Waals surface area contributed by atoms with Crippen LogP contribution in [-0.4, -0.2) is 22.6 Å². The Morgan fingerprint density at radius 1 is 1.45 bits per heavy atom. The van der Waals surface area contributed by atoms with E-state index in [1.165, 1.54) is 32.1 Å². The van der Waals surface area contributed by atoms with Gasteiger partial charge in [-0.3, -0.25) is 9.89 Å². The van der Waals surface area contributed by atoms with Crippen LogP contribution >= 0.6 is 15.9 Å². The summed E-state index contributed by atoms with van der Waals surface area (Å²) >= 11 is 3.46. The number of H-pyrrole nitrogens is 1. The Bertz CT molecular complexity index is 450. The summed E-state index contributed by atoms with van der Waals surface area (Å²) in [4.78, 5) is 12.1. The molecular weight excluding hydrogens is 318 g/mol. The molecule has 112 valence electrons. The van der Waals surface area contributed by atoms with Crippen molar-refractivity contribution in [3.05, 3.63) is 15.9 Å². The molecule has 0 aromatic carbocycles. The zero-order valence-electron chi connectivity index (χ0n) is 12.3. The minimum atomic E-state index is -0.0913. The van der Waals surface area contributed by atoms with Crippen molar-refractivity contribution < 1.29 is 4.79 Å². The molecular formula is C15H24BrN3O. The maximum atomic E-state index is 12.1. The van der Waals surface area contributed by atoms with Gasteiger partial charge in [0.05, 0.1) is 10.2 Å². The molecule has 0 atom stereocenters. The third-order valence-corrected chi connectivity index (χ3v) is 4.88. The Morgan fingerprint density at radius 2 is 2.15 bits per heavy atom. The molecule has 1 fully saturated rings. The summed E-state index contributed by atoms with van der Waals surface area (Å²) in [6, 6.07) is 0. The molecule has 0 saturated heterocycles. The highest BCUT2D eigenvalue weighted by molar-refractivity contribution is 9.10. The molecule has 1 aromatic rings. The lowest BCUT2D eigenvalue weighted by atomic mass is 10.0. The van der Waals surface area contributed by atoms with E-state index < -0.39 is 0 Å². The fourth-order valence-electron chi connectivity index (χ4n) is 2.85. The van der Waals surface area contributed by atoms with Gasteiger partial charge in [-0.1, -0.05) is 39.5 Å². The molecule has 1 aliphatic carbocycles. The van der Waals surface area contributed by atoms with Gasteiger partial charge >= 0.3 is 0 Å². The van der Waals surface area contributed by atoms with E-state index in [4.69, 9.17) is 0 Å². The van der Waals surface area contributed by atoms with Crippen molar-refractivity contribution in [3.8, 4) is 0 Å². The maximum Gasteiger partial charge on any atom is 0.272 e. The molecule has 1 heterocycles. The molecule has 0 bridgehead atoms. The van der Waals surface area contributed by atoms with E-state index in [0.29, 0.717) is 11.6 Å². The molecule has 1 saturated carbocycles. The van der Waals surface area contributed by atoms with Gasteiger partial charge in [0.25, 0.3) is 5.91 Å². The fourth-order valence-corrected chi connectivity index (χ4v) is 3.67. The highest BCUT2D eigenvalue weighted by Crippen LogP contribution is 2.28. The van der Waals surface area contributed by atoms with Crippen LogP contribution in [0.3, 0.4) is 0 Å². The van der Waals surface area contributed by atoms with Crippen LogP contribution in [0.25, 0.3) is 0 Å². The van der Waals surface area contributed by atoms with Crippen LogP contribution in [0.1, 0.15) is 74.5 Å². The molecule has 0 aliphatic heterocycles. The molecule has 1 amide bonds. The predicted molar refractivity (Wildman–Crippen MR) is 83.9 cm³/mol. The van der Waals surface area contributed by atoms with Crippen LogP contribution < -0.4 is 5.32 Å². The van der Waals surface area contributed by atoms with Crippen molar-refractivity contribution in [2.75, 3.05) is 6.54 Å². The third kappa shape index (κ3) is 3.84. The summed E-state index contributed by atoms with van der Waals surface area (Å²) < 4.78 is 0.792. The first-order valence-corrected chi connectivity index (χ1v) is 8.40. The van der Waals surface area contributed by atoms with Crippen LogP contribution in [0, 0.1) is 5.92 Å². The number of amides is 1. The SMILES string of the molecule is CC(C)c1[nH]nc(C(=O)NCCCC2CCCC2)c1Br. The zero-order valence-corrected chi connectivity index (χ0v) is 13.9. The standard InChI is InChI=1S/C15H24BrN3O/c1-10(2)13-12(16)14(19-18-13)15(20)17-9-5-8-11-6-3-4-7-11/h10-11H,3-9H2,1-2H3,(H,17,20)(H,18,19). The van der Waals surface area contributed by atoms with Gasteiger partial charge in [0.1, 0.15) is 0 Å². The largest absolute Gasteiger partial charge is 0.351 e. The van der Waals surface area contributed by atoms with Crippen molar-refractivity contribution in [2.45, 2.75) is 58.3 Å². The zero-order chi connectivity index (χ0) is 14.5. The Kier molecular flexibility index (Phi) is 5.64. The van der Waals surface area contributed by atoms with Crippen molar-refractivity contribution in [2.24, 2.45) is 5.92 Å². The highest BCUT2D eigenvalue weighted by Gasteiger charge is 2.19. The summed E-state index contributed by atoms with van der Waals surface area (Å²) in [5.74, 6) is 1.11. The van der Waals surface area contributed by atoms with Crippen LogP contribution in [0.5, 0.6) is 0 Å². The minimum absolute atomic E-state index is 0.0913. The molecule has 1 aliphatic rings. The molecule has 4 nitrogen and oxygen atoms in total. The number of carbonyl (C=O) groups is 1. The van der Waals surface area contributed by atoms with Gasteiger partial charge in [-0.15, -0.1) is 0 Å². The lowest BCUT2D eigenvalue weighted by Gasteiger charge is -2.08. The smallest absolute Gasteiger partial charge is 0.272 e. The number of hydrogen-bond acceptors (Lipinski definition) is 2. The Balaban J connectivity index is 1.76. The van der Waals surface area contributed by atoms with Gasteiger partial charge in [0, 0.05) is 6.54 Å². The summed E-state index contributed by atoms with van der Waals surface area (Å²) in [5.41, 5.74) is 1.44. The van der Waals surface area contributed by atoms with Crippen LogP contribution in [0.4, 0.5) is 0 Å². The van der Waals surface area contributed by atoms with Crippen LogP contribution in [0.2, 0.25) is 0 Å². The van der Waals surface area contributed by atoms with E-state index in [0.717, 1.165) is 29.1 Å². The van der Waals surface area contributed by atoms with Crippen LogP contribution in [0.15, 0.2) is 4.47 Å². The second-order valence-corrected chi connectivity index (χ2v) is 6.80. The molecule has 1 aromatic heterocycles. The molecule has 5 heteroatoms. The average molecular weight is 342 g/mol. The van der Waals surface area contributed by atoms with Gasteiger partial charge in [0.2, 0.25) is 0 Å². The Labute approximate surface area is 129 Å². The number of aromatic nitrogens is 2. The molecule has 0 radical (unpaired) electrons. The third-order valence-electron chi connectivity index (χ3n) is 4.07. The topological polar surface area (TPSA) is 57.8 Å². The van der Waals surface area contributed by atoms with Crippen molar-refractivity contribution in [1.29, 1.82) is 0 Å². The number of hydrogen-bond donors (Lipinski definition) is 2. The first kappa shape index (κ1) is 15.5. The number of aromatic amines is 1. The second-order valence-electron chi connectivity index (χ2n) is 6.00. The van der Waals surface area contributed by atoms with Crippen molar-refractivity contribution >= 4 is 21.8 Å². The molecule has 20 heavy (non-hydrogen) atoms. The van der Waals surface area contributed by atoms with Gasteiger partial charge in [-0.05, 0) is 40.6 Å². The van der Waals surface area contributed by atoms with Crippen molar-refractivity contribution in [1.82, 2.24) is 15.5 Å². The number of halogens is 1. The second kappa shape index (κ2) is 7.25. The van der Waals surface area contributed by atoms with Crippen LogP contribution in [-0.2, 0) is 0 Å². The molecule has 2 rings (SSSR count). The first-order chi connectivity index (χ1) is 9.59.